The molecule has 12 heavy (non-hydrogen) atoms. The average molecular weight is 155 g/mol. The van der Waals surface area contributed by atoms with Crippen molar-refractivity contribution in [2.45, 2.75) is 0 Å². The van der Waals surface area contributed by atoms with Gasteiger partial charge in [0, 0.05) is 11.5 Å². The van der Waals surface area contributed by atoms with E-state index in [1.165, 1.54) is 0 Å². The lowest BCUT2D eigenvalue weighted by Gasteiger charge is -1.98. The second-order valence-corrected chi connectivity index (χ2v) is 2.61. The van der Waals surface area contributed by atoms with E-state index in [9.17, 15) is 0 Å². The Hall–Kier alpha value is -1.51. The summed E-state index contributed by atoms with van der Waals surface area (Å²) in [4.78, 5) is 4.05. The summed E-state index contributed by atoms with van der Waals surface area (Å²) in [6, 6.07) is 8.62. The summed E-state index contributed by atoms with van der Waals surface area (Å²) in [6.45, 7) is 0. The average Bonchev–Trinajstić information content (AvgIpc) is 2.03. The molecule has 56 valence electrons. The number of fused-ring (bicyclic) bond motifs is 1. The molecule has 0 saturated carbocycles. The zero-order valence-electron chi connectivity index (χ0n) is 6.36. The molecule has 0 aliphatic rings. The fourth-order valence-corrected chi connectivity index (χ4v) is 1.12. The van der Waals surface area contributed by atoms with Gasteiger partial charge in [0.2, 0.25) is 0 Å². The zero-order valence-corrected chi connectivity index (χ0v) is 6.36. The highest BCUT2D eigenvalue weighted by molar-refractivity contribution is 6.31. The van der Waals surface area contributed by atoms with Crippen LogP contribution >= 0.6 is 0 Å². The Morgan fingerprint density at radius 1 is 1.17 bits per heavy atom. The number of phenols is 1. The SMILES string of the molecule is [B]c1ccc2ccc(O)cc2n1. The number of aromatic hydroxyl groups is 1. The molecule has 0 unspecified atom stereocenters. The Kier molecular flexibility index (Phi) is 1.50. The number of hydrogen-bond donors (Lipinski definition) is 1. The third-order valence-corrected chi connectivity index (χ3v) is 1.70. The van der Waals surface area contributed by atoms with Crippen LogP contribution in [0.4, 0.5) is 0 Å². The number of phenolic OH excluding ortho intramolecular Hbond substituents is 1. The number of pyridine rings is 1. The van der Waals surface area contributed by atoms with Crippen molar-refractivity contribution in [3.8, 4) is 5.75 Å². The van der Waals surface area contributed by atoms with Gasteiger partial charge in [0.15, 0.2) is 0 Å². The molecule has 0 bridgehead atoms. The number of hydrogen-bond acceptors (Lipinski definition) is 2. The maximum atomic E-state index is 9.14. The van der Waals surface area contributed by atoms with Crippen LogP contribution < -0.4 is 5.59 Å². The Morgan fingerprint density at radius 3 is 2.75 bits per heavy atom. The van der Waals surface area contributed by atoms with E-state index in [4.69, 9.17) is 13.0 Å². The molecule has 2 radical (unpaired) electrons. The Morgan fingerprint density at radius 2 is 1.92 bits per heavy atom. The normalized spacial score (nSPS) is 10.3. The van der Waals surface area contributed by atoms with Gasteiger partial charge >= 0.3 is 0 Å². The van der Waals surface area contributed by atoms with Crippen LogP contribution in [0.25, 0.3) is 10.9 Å². The fourth-order valence-electron chi connectivity index (χ4n) is 1.12. The second-order valence-electron chi connectivity index (χ2n) is 2.61. The molecule has 1 aromatic carbocycles. The molecular weight excluding hydrogens is 149 g/mol. The summed E-state index contributed by atoms with van der Waals surface area (Å²) in [6.07, 6.45) is 0. The first-order valence-electron chi connectivity index (χ1n) is 3.61. The first-order valence-corrected chi connectivity index (χ1v) is 3.61. The lowest BCUT2D eigenvalue weighted by atomic mass is 10.0. The topological polar surface area (TPSA) is 33.1 Å². The Bertz CT molecular complexity index is 391. The van der Waals surface area contributed by atoms with Crippen LogP contribution in [0.15, 0.2) is 30.3 Å². The first kappa shape index (κ1) is 7.16. The van der Waals surface area contributed by atoms with Gasteiger partial charge in [-0.25, -0.2) is 0 Å². The highest BCUT2D eigenvalue weighted by Gasteiger charge is 1.95. The summed E-state index contributed by atoms with van der Waals surface area (Å²) < 4.78 is 0. The predicted molar refractivity (Wildman–Crippen MR) is 48.8 cm³/mol. The molecule has 2 aromatic rings. The van der Waals surface area contributed by atoms with Crippen molar-refractivity contribution in [1.29, 1.82) is 0 Å². The number of aromatic nitrogens is 1. The lowest BCUT2D eigenvalue weighted by Crippen LogP contribution is -2.06. The molecule has 0 amide bonds. The largest absolute Gasteiger partial charge is 0.508 e. The predicted octanol–water partition coefficient (Wildman–Crippen LogP) is 0.734. The molecular formula is C9H6BNO. The van der Waals surface area contributed by atoms with Crippen molar-refractivity contribution in [3.05, 3.63) is 30.3 Å². The fraction of sp³-hybridized carbons (Fsp3) is 0. The van der Waals surface area contributed by atoms with E-state index >= 15 is 0 Å². The van der Waals surface area contributed by atoms with Crippen molar-refractivity contribution in [3.63, 3.8) is 0 Å². The maximum Gasteiger partial charge on any atom is 0.141 e. The van der Waals surface area contributed by atoms with Gasteiger partial charge in [-0.2, -0.15) is 0 Å². The molecule has 0 aliphatic carbocycles. The second kappa shape index (κ2) is 2.52. The summed E-state index contributed by atoms with van der Waals surface area (Å²) in [5, 5.41) is 10.1. The number of nitrogens with zero attached hydrogens (tertiary/aromatic N) is 1. The highest BCUT2D eigenvalue weighted by Crippen LogP contribution is 2.16. The molecule has 1 aromatic heterocycles. The van der Waals surface area contributed by atoms with Crippen LogP contribution in [0, 0.1) is 0 Å². The van der Waals surface area contributed by atoms with E-state index in [2.05, 4.69) is 4.98 Å². The van der Waals surface area contributed by atoms with Crippen molar-refractivity contribution < 1.29 is 5.11 Å². The van der Waals surface area contributed by atoms with E-state index in [-0.39, 0.29) is 5.75 Å². The Balaban J connectivity index is 2.80. The van der Waals surface area contributed by atoms with Gasteiger partial charge in [0.1, 0.15) is 13.6 Å². The quantitative estimate of drug-likeness (QED) is 0.569. The molecule has 2 nitrogen and oxygen atoms in total. The molecule has 1 heterocycles. The number of benzene rings is 1. The minimum absolute atomic E-state index is 0.209. The summed E-state index contributed by atoms with van der Waals surface area (Å²) >= 11 is 0. The highest BCUT2D eigenvalue weighted by atomic mass is 16.3. The summed E-state index contributed by atoms with van der Waals surface area (Å²) in [5.74, 6) is 0.209. The third-order valence-electron chi connectivity index (χ3n) is 1.70. The van der Waals surface area contributed by atoms with Gasteiger partial charge in [-0.05, 0) is 17.7 Å². The van der Waals surface area contributed by atoms with Crippen molar-refractivity contribution >= 4 is 24.3 Å². The molecule has 0 spiro atoms. The molecule has 1 N–H and O–H groups in total. The van der Waals surface area contributed by atoms with Gasteiger partial charge in [-0.1, -0.05) is 12.1 Å². The summed E-state index contributed by atoms with van der Waals surface area (Å²) in [5.41, 5.74) is 1.18. The van der Waals surface area contributed by atoms with E-state index in [1.54, 1.807) is 24.3 Å². The van der Waals surface area contributed by atoms with E-state index < -0.39 is 0 Å². The van der Waals surface area contributed by atoms with Crippen LogP contribution in [0.2, 0.25) is 0 Å². The van der Waals surface area contributed by atoms with Crippen LogP contribution in [-0.4, -0.2) is 17.9 Å². The molecule has 0 aliphatic heterocycles. The monoisotopic (exact) mass is 155 g/mol. The van der Waals surface area contributed by atoms with Crippen LogP contribution in [-0.2, 0) is 0 Å². The maximum absolute atomic E-state index is 9.14. The lowest BCUT2D eigenvalue weighted by molar-refractivity contribution is 0.476. The van der Waals surface area contributed by atoms with Gasteiger partial charge in [-0.15, -0.1) is 0 Å². The van der Waals surface area contributed by atoms with Gasteiger partial charge < -0.3 is 5.11 Å². The summed E-state index contributed by atoms with van der Waals surface area (Å²) in [7, 11) is 5.48. The minimum Gasteiger partial charge on any atom is -0.508 e. The van der Waals surface area contributed by atoms with E-state index in [0.29, 0.717) is 5.59 Å². The van der Waals surface area contributed by atoms with Gasteiger partial charge in [0.05, 0.1) is 5.52 Å². The van der Waals surface area contributed by atoms with Crippen LogP contribution in [0.5, 0.6) is 5.75 Å². The van der Waals surface area contributed by atoms with Crippen LogP contribution in [0.3, 0.4) is 0 Å². The Labute approximate surface area is 71.3 Å². The molecule has 0 fully saturated rings. The smallest absolute Gasteiger partial charge is 0.141 e. The van der Waals surface area contributed by atoms with Crippen molar-refractivity contribution in [2.24, 2.45) is 0 Å². The standard InChI is InChI=1S/C9H6BNO/c10-9-4-2-6-1-3-7(12)5-8(6)11-9/h1-5,12H. The third kappa shape index (κ3) is 1.14. The number of rotatable bonds is 0. The van der Waals surface area contributed by atoms with Crippen molar-refractivity contribution in [1.82, 2.24) is 4.98 Å². The van der Waals surface area contributed by atoms with E-state index in [0.717, 1.165) is 10.9 Å². The minimum atomic E-state index is 0.209. The van der Waals surface area contributed by atoms with Crippen molar-refractivity contribution in [2.75, 3.05) is 0 Å². The van der Waals surface area contributed by atoms with Crippen LogP contribution in [0.1, 0.15) is 0 Å². The molecule has 0 atom stereocenters. The molecule has 2 rings (SSSR count). The molecule has 3 heteroatoms. The van der Waals surface area contributed by atoms with Gasteiger partial charge in [0.25, 0.3) is 0 Å². The molecule has 0 saturated heterocycles. The van der Waals surface area contributed by atoms with Gasteiger partial charge in [-0.3, -0.25) is 4.98 Å². The van der Waals surface area contributed by atoms with E-state index in [1.807, 2.05) is 6.07 Å². The first-order chi connectivity index (χ1) is 5.75. The zero-order chi connectivity index (χ0) is 8.55.